The fourth-order valence-corrected chi connectivity index (χ4v) is 6.92. The molecule has 11 nitrogen and oxygen atoms in total. The summed E-state index contributed by atoms with van der Waals surface area (Å²) >= 11 is 1.31. The van der Waals surface area contributed by atoms with E-state index in [0.717, 1.165) is 19.3 Å². The number of carboxylic acid groups (broad SMARTS) is 2. The van der Waals surface area contributed by atoms with Crippen LogP contribution in [-0.4, -0.2) is 76.2 Å². The average molecular weight is 540 g/mol. The summed E-state index contributed by atoms with van der Waals surface area (Å²) in [5.74, 6) is -3.41. The number of rotatable bonds is 12. The van der Waals surface area contributed by atoms with Gasteiger partial charge in [0.05, 0.1) is 5.92 Å². The van der Waals surface area contributed by atoms with Crippen molar-refractivity contribution in [3.05, 3.63) is 11.6 Å². The molecule has 206 valence electrons. The SMILES string of the molecule is CC1CCC[C@]2(C)C[C@H]3OC(=O)C(CSC[C@H](NC(=O)CC[C@H](N)C(=O)O)C(=O)NCC(=O)O)[C@H]3C=C12. The molecule has 0 aromatic rings. The van der Waals surface area contributed by atoms with Crippen molar-refractivity contribution < 1.29 is 38.9 Å². The highest BCUT2D eigenvalue weighted by atomic mass is 32.2. The Morgan fingerprint density at radius 3 is 2.70 bits per heavy atom. The molecular weight excluding hydrogens is 502 g/mol. The quantitative estimate of drug-likeness (QED) is 0.176. The maximum Gasteiger partial charge on any atom is 0.322 e. The number of fused-ring (bicyclic) bond motifs is 2. The van der Waals surface area contributed by atoms with Crippen molar-refractivity contribution in [1.29, 1.82) is 0 Å². The lowest BCUT2D eigenvalue weighted by Gasteiger charge is -2.46. The van der Waals surface area contributed by atoms with Gasteiger partial charge in [-0.3, -0.25) is 24.0 Å². The molecule has 0 spiro atoms. The average Bonchev–Trinajstić information content (AvgIpc) is 3.12. The molecule has 2 unspecified atom stereocenters. The van der Waals surface area contributed by atoms with Crippen LogP contribution in [0.1, 0.15) is 52.4 Å². The van der Waals surface area contributed by atoms with Gasteiger partial charge in [-0.2, -0.15) is 11.8 Å². The zero-order valence-corrected chi connectivity index (χ0v) is 22.1. The number of nitrogens with two attached hydrogens (primary N) is 1. The fourth-order valence-electron chi connectivity index (χ4n) is 5.70. The Balaban J connectivity index is 1.62. The Kier molecular flexibility index (Phi) is 9.63. The van der Waals surface area contributed by atoms with Crippen molar-refractivity contribution in [1.82, 2.24) is 10.6 Å². The van der Waals surface area contributed by atoms with Gasteiger partial charge >= 0.3 is 17.9 Å². The molecular formula is C25H37N3O8S. The number of amides is 2. The first-order chi connectivity index (χ1) is 17.4. The van der Waals surface area contributed by atoms with Gasteiger partial charge in [0.15, 0.2) is 0 Å². The van der Waals surface area contributed by atoms with Crippen LogP contribution in [0.15, 0.2) is 11.6 Å². The molecule has 3 rings (SSSR count). The number of aliphatic carboxylic acids is 2. The summed E-state index contributed by atoms with van der Waals surface area (Å²) < 4.78 is 5.76. The summed E-state index contributed by atoms with van der Waals surface area (Å²) in [6, 6.07) is -2.27. The van der Waals surface area contributed by atoms with Crippen molar-refractivity contribution in [2.24, 2.45) is 28.9 Å². The zero-order chi connectivity index (χ0) is 27.3. The minimum absolute atomic E-state index is 0.0324. The smallest absolute Gasteiger partial charge is 0.322 e. The molecule has 2 aliphatic carbocycles. The second-order valence-corrected chi connectivity index (χ2v) is 11.7. The van der Waals surface area contributed by atoms with E-state index in [1.54, 1.807) is 0 Å². The summed E-state index contributed by atoms with van der Waals surface area (Å²) in [6.45, 7) is 3.88. The molecule has 2 amide bonds. The molecule has 0 bridgehead atoms. The van der Waals surface area contributed by atoms with E-state index in [-0.39, 0.29) is 47.9 Å². The van der Waals surface area contributed by atoms with Crippen LogP contribution in [0, 0.1) is 23.2 Å². The summed E-state index contributed by atoms with van der Waals surface area (Å²) in [5.41, 5.74) is 6.90. The Labute approximate surface area is 220 Å². The van der Waals surface area contributed by atoms with Gasteiger partial charge in [0, 0.05) is 23.8 Å². The Morgan fingerprint density at radius 1 is 1.30 bits per heavy atom. The molecule has 7 atom stereocenters. The summed E-state index contributed by atoms with van der Waals surface area (Å²) in [5, 5.41) is 22.5. The normalized spacial score (nSPS) is 30.1. The first kappa shape index (κ1) is 29.0. The fraction of sp³-hybridized carbons (Fsp3) is 0.720. The first-order valence-electron chi connectivity index (χ1n) is 12.7. The van der Waals surface area contributed by atoms with Gasteiger partial charge in [-0.05, 0) is 37.0 Å². The van der Waals surface area contributed by atoms with Gasteiger partial charge < -0.3 is 31.3 Å². The van der Waals surface area contributed by atoms with E-state index in [2.05, 4.69) is 30.6 Å². The van der Waals surface area contributed by atoms with Gasteiger partial charge in [0.25, 0.3) is 0 Å². The molecule has 1 saturated carbocycles. The van der Waals surface area contributed by atoms with E-state index in [1.165, 1.54) is 23.8 Å². The monoisotopic (exact) mass is 539 g/mol. The highest BCUT2D eigenvalue weighted by Gasteiger charge is 2.51. The number of ether oxygens (including phenoxy) is 1. The number of nitrogens with one attached hydrogen (secondary N) is 2. The van der Waals surface area contributed by atoms with Gasteiger partial charge in [-0.25, -0.2) is 0 Å². The van der Waals surface area contributed by atoms with Crippen molar-refractivity contribution in [3.8, 4) is 0 Å². The van der Waals surface area contributed by atoms with E-state index in [4.69, 9.17) is 20.7 Å². The number of thioether (sulfide) groups is 1. The highest BCUT2D eigenvalue weighted by molar-refractivity contribution is 7.99. The van der Waals surface area contributed by atoms with E-state index < -0.39 is 42.4 Å². The molecule has 37 heavy (non-hydrogen) atoms. The second-order valence-electron chi connectivity index (χ2n) is 10.6. The Morgan fingerprint density at radius 2 is 2.03 bits per heavy atom. The number of allylic oxidation sites excluding steroid dienone is 1. The molecule has 12 heteroatoms. The molecule has 0 radical (unpaired) electrons. The van der Waals surface area contributed by atoms with Crippen LogP contribution in [-0.2, 0) is 28.7 Å². The Hall–Kier alpha value is -2.60. The second kappa shape index (κ2) is 12.3. The Bertz CT molecular complexity index is 956. The van der Waals surface area contributed by atoms with Crippen molar-refractivity contribution >= 4 is 41.5 Å². The molecule has 6 N–H and O–H groups in total. The predicted molar refractivity (Wildman–Crippen MR) is 135 cm³/mol. The van der Waals surface area contributed by atoms with E-state index in [1.807, 2.05) is 0 Å². The number of hydrogen-bond acceptors (Lipinski definition) is 8. The number of carboxylic acids is 2. The lowest BCUT2D eigenvalue weighted by molar-refractivity contribution is -0.145. The standard InChI is InChI=1S/C25H37N3O8S/c1-13-4-3-7-25(2)9-19-14(8-16(13)25)15(24(35)36-19)11-37-12-18(22(32)27-10-21(30)31)28-20(29)6-5-17(26)23(33)34/h8,13-15,17-19H,3-7,9-12,26H2,1-2H3,(H,27,32)(H,28,29)(H,30,31)(H,33,34)/t13?,14-,15?,17+,18+,19-,25-/m1/s1. The third-order valence-electron chi connectivity index (χ3n) is 7.73. The van der Waals surface area contributed by atoms with E-state index >= 15 is 0 Å². The van der Waals surface area contributed by atoms with Crippen LogP contribution in [0.2, 0.25) is 0 Å². The predicted octanol–water partition coefficient (Wildman–Crippen LogP) is 0.912. The van der Waals surface area contributed by atoms with Crippen LogP contribution in [0.3, 0.4) is 0 Å². The third kappa shape index (κ3) is 7.25. The van der Waals surface area contributed by atoms with Gasteiger partial charge in [-0.15, -0.1) is 0 Å². The molecule has 1 aliphatic heterocycles. The van der Waals surface area contributed by atoms with Crippen molar-refractivity contribution in [3.63, 3.8) is 0 Å². The van der Waals surface area contributed by atoms with Gasteiger partial charge in [0.1, 0.15) is 24.7 Å². The third-order valence-corrected chi connectivity index (χ3v) is 8.89. The number of esters is 1. The molecule has 1 saturated heterocycles. The zero-order valence-electron chi connectivity index (χ0n) is 21.2. The number of hydrogen-bond donors (Lipinski definition) is 5. The molecule has 0 aromatic heterocycles. The van der Waals surface area contributed by atoms with Gasteiger partial charge in [0.2, 0.25) is 11.8 Å². The van der Waals surface area contributed by atoms with E-state index in [9.17, 15) is 24.0 Å². The van der Waals surface area contributed by atoms with Crippen LogP contribution in [0.25, 0.3) is 0 Å². The topological polar surface area (TPSA) is 185 Å². The highest BCUT2D eigenvalue weighted by Crippen LogP contribution is 2.54. The maximum atomic E-state index is 12.8. The molecule has 3 aliphatic rings. The summed E-state index contributed by atoms with van der Waals surface area (Å²) in [4.78, 5) is 59.4. The summed E-state index contributed by atoms with van der Waals surface area (Å²) in [7, 11) is 0. The number of carbonyl (C=O) groups excluding carboxylic acids is 3. The van der Waals surface area contributed by atoms with Crippen molar-refractivity contribution in [2.45, 2.75) is 70.6 Å². The number of carbonyl (C=O) groups is 5. The van der Waals surface area contributed by atoms with Crippen LogP contribution >= 0.6 is 11.8 Å². The first-order valence-corrected chi connectivity index (χ1v) is 13.8. The molecule has 2 fully saturated rings. The molecule has 1 heterocycles. The van der Waals surface area contributed by atoms with Crippen LogP contribution < -0.4 is 16.4 Å². The van der Waals surface area contributed by atoms with Crippen LogP contribution in [0.5, 0.6) is 0 Å². The lowest BCUT2D eigenvalue weighted by Crippen LogP contribution is -2.49. The maximum absolute atomic E-state index is 12.8. The van der Waals surface area contributed by atoms with Crippen LogP contribution in [0.4, 0.5) is 0 Å². The largest absolute Gasteiger partial charge is 0.480 e. The summed E-state index contributed by atoms with van der Waals surface area (Å²) in [6.07, 6.45) is 5.98. The minimum atomic E-state index is -1.23. The van der Waals surface area contributed by atoms with Crippen molar-refractivity contribution in [2.75, 3.05) is 18.1 Å². The lowest BCUT2D eigenvalue weighted by atomic mass is 9.59. The van der Waals surface area contributed by atoms with Gasteiger partial charge in [-0.1, -0.05) is 31.9 Å². The molecule has 0 aromatic carbocycles. The minimum Gasteiger partial charge on any atom is -0.480 e. The van der Waals surface area contributed by atoms with E-state index in [0.29, 0.717) is 11.7 Å².